The van der Waals surface area contributed by atoms with E-state index in [2.05, 4.69) is 5.32 Å². The molecule has 0 bridgehead atoms. The van der Waals surface area contributed by atoms with E-state index < -0.39 is 5.91 Å². The highest BCUT2D eigenvalue weighted by Gasteiger charge is 2.23. The Morgan fingerprint density at radius 3 is 2.41 bits per heavy atom. The van der Waals surface area contributed by atoms with Gasteiger partial charge in [0.2, 0.25) is 5.91 Å². The van der Waals surface area contributed by atoms with Crippen LogP contribution in [0, 0.1) is 5.92 Å². The summed E-state index contributed by atoms with van der Waals surface area (Å²) in [6, 6.07) is 0. The first-order chi connectivity index (χ1) is 7.91. The number of allylic oxidation sites excluding steroid dienone is 3. The highest BCUT2D eigenvalue weighted by atomic mass is 16.3. The van der Waals surface area contributed by atoms with Gasteiger partial charge in [0.25, 0.3) is 0 Å². The molecule has 1 rings (SSSR count). The summed E-state index contributed by atoms with van der Waals surface area (Å²) in [5.74, 6) is -1.34. The molecule has 0 saturated heterocycles. The van der Waals surface area contributed by atoms with Gasteiger partial charge in [-0.25, -0.2) is 0 Å². The maximum atomic E-state index is 11.4. The van der Waals surface area contributed by atoms with Crippen LogP contribution >= 0.6 is 0 Å². The Kier molecular flexibility index (Phi) is 4.20. The largest absolute Gasteiger partial charge is 0.510 e. The number of nitrogens with one attached hydrogen (secondary N) is 1. The van der Waals surface area contributed by atoms with Crippen LogP contribution in [0.2, 0.25) is 0 Å². The second-order valence-corrected chi connectivity index (χ2v) is 4.12. The average molecular weight is 237 g/mol. The van der Waals surface area contributed by atoms with Crippen molar-refractivity contribution in [2.45, 2.75) is 26.7 Å². The first-order valence-electron chi connectivity index (χ1n) is 5.40. The summed E-state index contributed by atoms with van der Waals surface area (Å²) in [7, 11) is 0. The number of carbonyl (C=O) groups is 3. The van der Waals surface area contributed by atoms with Crippen molar-refractivity contribution >= 4 is 17.5 Å². The molecule has 0 heterocycles. The van der Waals surface area contributed by atoms with Crippen molar-refractivity contribution in [3.63, 3.8) is 0 Å². The van der Waals surface area contributed by atoms with Gasteiger partial charge >= 0.3 is 0 Å². The van der Waals surface area contributed by atoms with Crippen LogP contribution in [0.25, 0.3) is 0 Å². The molecule has 17 heavy (non-hydrogen) atoms. The predicted octanol–water partition coefficient (Wildman–Crippen LogP) is 1.02. The Hall–Kier alpha value is -1.91. The van der Waals surface area contributed by atoms with Crippen molar-refractivity contribution in [2.75, 3.05) is 0 Å². The van der Waals surface area contributed by atoms with E-state index >= 15 is 0 Å². The van der Waals surface area contributed by atoms with Gasteiger partial charge in [-0.15, -0.1) is 0 Å². The molecule has 0 radical (unpaired) electrons. The molecule has 5 heteroatoms. The molecule has 0 atom stereocenters. The molecule has 0 spiro atoms. The fourth-order valence-electron chi connectivity index (χ4n) is 1.30. The smallest absolute Gasteiger partial charge is 0.248 e. The fourth-order valence-corrected chi connectivity index (χ4v) is 1.30. The highest BCUT2D eigenvalue weighted by Crippen LogP contribution is 2.17. The third-order valence-corrected chi connectivity index (χ3v) is 2.37. The van der Waals surface area contributed by atoms with Crippen molar-refractivity contribution in [2.24, 2.45) is 5.92 Å². The topological polar surface area (TPSA) is 83.5 Å². The van der Waals surface area contributed by atoms with Crippen LogP contribution in [0.15, 0.2) is 23.6 Å². The first kappa shape index (κ1) is 13.2. The van der Waals surface area contributed by atoms with E-state index in [1.165, 1.54) is 0 Å². The maximum absolute atomic E-state index is 11.4. The van der Waals surface area contributed by atoms with E-state index in [9.17, 15) is 19.5 Å². The number of amides is 1. The van der Waals surface area contributed by atoms with E-state index in [1.54, 1.807) is 13.8 Å². The zero-order valence-electron chi connectivity index (χ0n) is 9.82. The molecule has 0 aliphatic heterocycles. The Balaban J connectivity index is 2.59. The molecular weight excluding hydrogens is 222 g/mol. The Bertz CT molecular complexity index is 418. The van der Waals surface area contributed by atoms with E-state index in [-0.39, 0.29) is 41.8 Å². The third-order valence-electron chi connectivity index (χ3n) is 2.37. The van der Waals surface area contributed by atoms with Crippen molar-refractivity contribution < 1.29 is 19.5 Å². The monoisotopic (exact) mass is 237 g/mol. The summed E-state index contributed by atoms with van der Waals surface area (Å²) < 4.78 is 0. The summed E-state index contributed by atoms with van der Waals surface area (Å²) in [6.45, 7) is 3.44. The zero-order valence-corrected chi connectivity index (χ0v) is 9.82. The van der Waals surface area contributed by atoms with Crippen LogP contribution in [0.1, 0.15) is 26.7 Å². The lowest BCUT2D eigenvalue weighted by Gasteiger charge is -2.02. The molecule has 0 aromatic heterocycles. The molecule has 5 nitrogen and oxygen atoms in total. The minimum Gasteiger partial charge on any atom is -0.510 e. The lowest BCUT2D eigenvalue weighted by atomic mass is 10.1. The van der Waals surface area contributed by atoms with Gasteiger partial charge in [-0.1, -0.05) is 13.8 Å². The highest BCUT2D eigenvalue weighted by molar-refractivity contribution is 6.05. The molecule has 0 saturated carbocycles. The van der Waals surface area contributed by atoms with Crippen LogP contribution in [-0.2, 0) is 14.4 Å². The molecule has 2 N–H and O–H groups in total. The Labute approximate surface area is 99.2 Å². The molecule has 1 aliphatic rings. The van der Waals surface area contributed by atoms with Gasteiger partial charge in [-0.05, 0) is 6.08 Å². The van der Waals surface area contributed by atoms with Crippen LogP contribution < -0.4 is 5.32 Å². The molecular formula is C12H15NO4. The van der Waals surface area contributed by atoms with Gasteiger partial charge in [0.05, 0.1) is 0 Å². The number of carbonyl (C=O) groups excluding carboxylic acids is 3. The maximum Gasteiger partial charge on any atom is 0.248 e. The van der Waals surface area contributed by atoms with Gasteiger partial charge in [0.15, 0.2) is 11.6 Å². The zero-order chi connectivity index (χ0) is 13.0. The third kappa shape index (κ3) is 3.55. The van der Waals surface area contributed by atoms with Crippen LogP contribution in [-0.4, -0.2) is 22.6 Å². The molecule has 0 fully saturated rings. The molecule has 0 aromatic carbocycles. The molecule has 92 valence electrons. The summed E-state index contributed by atoms with van der Waals surface area (Å²) in [6.07, 6.45) is 2.68. The average Bonchev–Trinajstić information content (AvgIpc) is 2.57. The van der Waals surface area contributed by atoms with Crippen LogP contribution in [0.5, 0.6) is 0 Å². The second kappa shape index (κ2) is 5.43. The van der Waals surface area contributed by atoms with E-state index in [4.69, 9.17) is 0 Å². The summed E-state index contributed by atoms with van der Waals surface area (Å²) in [4.78, 5) is 33.8. The molecule has 0 aromatic rings. The second-order valence-electron chi connectivity index (χ2n) is 4.12. The van der Waals surface area contributed by atoms with Crippen molar-refractivity contribution in [1.82, 2.24) is 5.32 Å². The van der Waals surface area contributed by atoms with E-state index in [1.807, 2.05) is 0 Å². The quantitative estimate of drug-likeness (QED) is 0.715. The number of Topliss-reactive ketones (excluding diaryl/α,β-unsaturated/α-hetero) is 1. The molecule has 0 unspecified atom stereocenters. The van der Waals surface area contributed by atoms with Gasteiger partial charge in [-0.3, -0.25) is 14.4 Å². The Morgan fingerprint density at radius 2 is 1.94 bits per heavy atom. The van der Waals surface area contributed by atoms with Crippen LogP contribution in [0.3, 0.4) is 0 Å². The van der Waals surface area contributed by atoms with Gasteiger partial charge < -0.3 is 10.4 Å². The lowest BCUT2D eigenvalue weighted by Crippen LogP contribution is -2.24. The SMILES string of the molecule is CC(C)C(=O)/C=C/C(=O)NC1=C(O)CCC1=O. The number of hydrogen-bond acceptors (Lipinski definition) is 4. The first-order valence-corrected chi connectivity index (χ1v) is 5.40. The number of ketones is 2. The number of aliphatic hydroxyl groups excluding tert-OH is 1. The number of rotatable bonds is 4. The molecule has 1 aliphatic carbocycles. The van der Waals surface area contributed by atoms with Gasteiger partial charge in [0, 0.05) is 24.8 Å². The minimum absolute atomic E-state index is 0.0587. The Morgan fingerprint density at radius 1 is 1.29 bits per heavy atom. The van der Waals surface area contributed by atoms with E-state index in [0.29, 0.717) is 0 Å². The fraction of sp³-hybridized carbons (Fsp3) is 0.417. The normalized spacial score (nSPS) is 16.1. The summed E-state index contributed by atoms with van der Waals surface area (Å²) in [5.41, 5.74) is -0.0587. The van der Waals surface area contributed by atoms with Crippen LogP contribution in [0.4, 0.5) is 0 Å². The van der Waals surface area contributed by atoms with Crippen molar-refractivity contribution in [3.8, 4) is 0 Å². The standard InChI is InChI=1S/C12H15NO4/c1-7(2)8(14)5-6-11(17)13-12-9(15)3-4-10(12)16/h5-7,15H,3-4H2,1-2H3,(H,13,17)/b6-5+. The lowest BCUT2D eigenvalue weighted by molar-refractivity contribution is -0.120. The minimum atomic E-state index is -0.587. The predicted molar refractivity (Wildman–Crippen MR) is 61.0 cm³/mol. The molecule has 1 amide bonds. The van der Waals surface area contributed by atoms with E-state index in [0.717, 1.165) is 12.2 Å². The number of aliphatic hydroxyl groups is 1. The van der Waals surface area contributed by atoms with Crippen molar-refractivity contribution in [3.05, 3.63) is 23.6 Å². The number of hydrogen-bond donors (Lipinski definition) is 2. The van der Waals surface area contributed by atoms with Gasteiger partial charge in [0.1, 0.15) is 11.5 Å². The van der Waals surface area contributed by atoms with Gasteiger partial charge in [-0.2, -0.15) is 0 Å². The van der Waals surface area contributed by atoms with Crippen molar-refractivity contribution in [1.29, 1.82) is 0 Å². The summed E-state index contributed by atoms with van der Waals surface area (Å²) >= 11 is 0. The summed E-state index contributed by atoms with van der Waals surface area (Å²) in [5, 5.41) is 11.6.